The first kappa shape index (κ1) is 19.1. The van der Waals surface area contributed by atoms with E-state index in [9.17, 15) is 8.42 Å². The zero-order valence-corrected chi connectivity index (χ0v) is 13.9. The normalized spacial score (nSPS) is 11.3. The van der Waals surface area contributed by atoms with Gasteiger partial charge < -0.3 is 10.1 Å². The Bertz CT molecular complexity index is 458. The van der Waals surface area contributed by atoms with Crippen LogP contribution in [-0.4, -0.2) is 41.8 Å². The van der Waals surface area contributed by atoms with E-state index in [4.69, 9.17) is 16.3 Å². The smallest absolute Gasteiger partial charge is 0.250 e. The minimum absolute atomic E-state index is 0. The van der Waals surface area contributed by atoms with Gasteiger partial charge in [0.05, 0.1) is 10.9 Å². The van der Waals surface area contributed by atoms with Crippen LogP contribution in [0, 0.1) is 6.92 Å². The van der Waals surface area contributed by atoms with Crippen molar-refractivity contribution in [2.24, 2.45) is 0 Å². The molecular formula is C10H18Cl2N2O3S2. The average Bonchev–Trinajstić information content (AvgIpc) is 2.65. The second kappa shape index (κ2) is 9.12. The summed E-state index contributed by atoms with van der Waals surface area (Å²) >= 11 is 6.92. The molecule has 1 aromatic rings. The molecule has 0 aromatic carbocycles. The molecule has 0 aliphatic heterocycles. The fraction of sp³-hybridized carbons (Fsp3) is 0.600. The van der Waals surface area contributed by atoms with Crippen molar-refractivity contribution in [2.45, 2.75) is 11.1 Å². The summed E-state index contributed by atoms with van der Waals surface area (Å²) in [4.78, 5) is 0. The average molecular weight is 349 g/mol. The third kappa shape index (κ3) is 6.40. The highest BCUT2D eigenvalue weighted by Crippen LogP contribution is 2.29. The highest BCUT2D eigenvalue weighted by atomic mass is 35.5. The van der Waals surface area contributed by atoms with Crippen molar-refractivity contribution in [3.63, 3.8) is 0 Å². The molecule has 0 amide bonds. The second-order valence-corrected chi connectivity index (χ2v) is 7.31. The number of nitrogens with one attached hydrogen (secondary N) is 2. The van der Waals surface area contributed by atoms with E-state index < -0.39 is 10.0 Å². The molecule has 0 radical (unpaired) electrons. The monoisotopic (exact) mass is 348 g/mol. The van der Waals surface area contributed by atoms with Crippen LogP contribution >= 0.6 is 35.3 Å². The Morgan fingerprint density at radius 1 is 1.37 bits per heavy atom. The van der Waals surface area contributed by atoms with Crippen LogP contribution in [0.1, 0.15) is 5.56 Å². The molecule has 0 aliphatic rings. The van der Waals surface area contributed by atoms with E-state index >= 15 is 0 Å². The highest BCUT2D eigenvalue weighted by Gasteiger charge is 2.17. The zero-order chi connectivity index (χ0) is 13.6. The predicted octanol–water partition coefficient (Wildman–Crippen LogP) is 1.65. The molecule has 0 atom stereocenters. The van der Waals surface area contributed by atoms with E-state index in [1.807, 2.05) is 0 Å². The molecule has 0 spiro atoms. The minimum Gasteiger partial charge on any atom is -0.383 e. The fourth-order valence-corrected chi connectivity index (χ4v) is 3.99. The lowest BCUT2D eigenvalue weighted by atomic mass is 10.4. The van der Waals surface area contributed by atoms with Crippen LogP contribution in [0.25, 0.3) is 0 Å². The van der Waals surface area contributed by atoms with Crippen LogP contribution in [0.5, 0.6) is 0 Å². The predicted molar refractivity (Wildman–Crippen MR) is 81.2 cm³/mol. The number of sulfonamides is 1. The molecule has 0 fully saturated rings. The molecule has 1 rings (SSSR count). The summed E-state index contributed by atoms with van der Waals surface area (Å²) in [6.45, 7) is 3.97. The summed E-state index contributed by atoms with van der Waals surface area (Å²) < 4.78 is 31.9. The number of hydrogen-bond donors (Lipinski definition) is 2. The highest BCUT2D eigenvalue weighted by molar-refractivity contribution is 7.91. The van der Waals surface area contributed by atoms with Crippen molar-refractivity contribution >= 4 is 45.4 Å². The summed E-state index contributed by atoms with van der Waals surface area (Å²) in [7, 11) is -1.82. The maximum absolute atomic E-state index is 11.9. The van der Waals surface area contributed by atoms with Crippen molar-refractivity contribution in [1.29, 1.82) is 0 Å². The van der Waals surface area contributed by atoms with Crippen LogP contribution in [0.4, 0.5) is 0 Å². The summed E-state index contributed by atoms with van der Waals surface area (Å²) in [5.74, 6) is 0. The Kier molecular flexibility index (Phi) is 9.17. The molecule has 0 unspecified atom stereocenters. The lowest BCUT2D eigenvalue weighted by Gasteiger charge is -2.05. The second-order valence-electron chi connectivity index (χ2n) is 3.66. The third-order valence-electron chi connectivity index (χ3n) is 2.18. The lowest BCUT2D eigenvalue weighted by molar-refractivity contribution is 0.199. The maximum atomic E-state index is 11.9. The Morgan fingerprint density at radius 2 is 2.05 bits per heavy atom. The number of aryl methyl sites for hydroxylation is 1. The van der Waals surface area contributed by atoms with Crippen LogP contribution in [0.2, 0.25) is 4.34 Å². The van der Waals surface area contributed by atoms with Gasteiger partial charge in [0.15, 0.2) is 0 Å². The van der Waals surface area contributed by atoms with Gasteiger partial charge in [-0.3, -0.25) is 0 Å². The van der Waals surface area contributed by atoms with Crippen molar-refractivity contribution in [3.05, 3.63) is 16.0 Å². The molecule has 0 aliphatic carbocycles. The van der Waals surface area contributed by atoms with Crippen molar-refractivity contribution in [3.8, 4) is 0 Å². The number of thiophene rings is 1. The van der Waals surface area contributed by atoms with E-state index in [0.29, 0.717) is 30.6 Å². The summed E-state index contributed by atoms with van der Waals surface area (Å²) in [6.07, 6.45) is 0. The SMILES string of the molecule is COCCNCCNS(=O)(=O)c1cc(C)c(Cl)s1.Cl. The molecule has 9 heteroatoms. The van der Waals surface area contributed by atoms with E-state index in [1.165, 1.54) is 0 Å². The van der Waals surface area contributed by atoms with Crippen LogP contribution in [0.3, 0.4) is 0 Å². The number of hydrogen-bond acceptors (Lipinski definition) is 5. The van der Waals surface area contributed by atoms with Gasteiger partial charge in [-0.2, -0.15) is 0 Å². The van der Waals surface area contributed by atoms with E-state index in [1.54, 1.807) is 20.1 Å². The molecule has 19 heavy (non-hydrogen) atoms. The van der Waals surface area contributed by atoms with Gasteiger partial charge in [-0.25, -0.2) is 13.1 Å². The molecule has 0 saturated carbocycles. The molecule has 1 heterocycles. The quantitative estimate of drug-likeness (QED) is 0.701. The van der Waals surface area contributed by atoms with E-state index in [-0.39, 0.29) is 16.6 Å². The summed E-state index contributed by atoms with van der Waals surface area (Å²) in [6, 6.07) is 1.58. The van der Waals surface area contributed by atoms with Gasteiger partial charge in [0.2, 0.25) is 10.0 Å². The fourth-order valence-electron chi connectivity index (χ4n) is 1.21. The number of halogens is 2. The molecular weight excluding hydrogens is 331 g/mol. The molecule has 0 bridgehead atoms. The largest absolute Gasteiger partial charge is 0.383 e. The molecule has 112 valence electrons. The Morgan fingerprint density at radius 3 is 2.58 bits per heavy atom. The summed E-state index contributed by atoms with van der Waals surface area (Å²) in [5, 5.41) is 3.05. The van der Waals surface area contributed by atoms with Crippen LogP contribution in [0.15, 0.2) is 10.3 Å². The van der Waals surface area contributed by atoms with Gasteiger partial charge in [-0.1, -0.05) is 11.6 Å². The third-order valence-corrected chi connectivity index (χ3v) is 5.67. The summed E-state index contributed by atoms with van der Waals surface area (Å²) in [5.41, 5.74) is 0.778. The zero-order valence-electron chi connectivity index (χ0n) is 10.7. The molecule has 0 saturated heterocycles. The number of methoxy groups -OCH3 is 1. The van der Waals surface area contributed by atoms with Crippen LogP contribution in [-0.2, 0) is 14.8 Å². The Balaban J connectivity index is 0.00000324. The first-order chi connectivity index (χ1) is 8.47. The molecule has 1 aromatic heterocycles. The standard InChI is InChI=1S/C10H17ClN2O3S2.ClH/c1-8-7-9(17-10(8)11)18(14,15)13-4-3-12-5-6-16-2;/h7,12-13H,3-6H2,1-2H3;1H. The minimum atomic E-state index is -3.44. The van der Waals surface area contributed by atoms with E-state index in [0.717, 1.165) is 16.9 Å². The van der Waals surface area contributed by atoms with Gasteiger partial charge in [0, 0.05) is 26.7 Å². The molecule has 5 nitrogen and oxygen atoms in total. The van der Waals surface area contributed by atoms with Crippen molar-refractivity contribution < 1.29 is 13.2 Å². The van der Waals surface area contributed by atoms with Gasteiger partial charge in [-0.15, -0.1) is 23.7 Å². The Hall–Kier alpha value is 0.110. The first-order valence-corrected chi connectivity index (χ1v) is 8.10. The Labute approximate surface area is 129 Å². The number of rotatable bonds is 8. The van der Waals surface area contributed by atoms with Gasteiger partial charge in [0.25, 0.3) is 0 Å². The number of ether oxygens (including phenoxy) is 1. The van der Waals surface area contributed by atoms with Gasteiger partial charge in [-0.05, 0) is 18.6 Å². The molecule has 2 N–H and O–H groups in total. The van der Waals surface area contributed by atoms with E-state index in [2.05, 4.69) is 10.0 Å². The topological polar surface area (TPSA) is 67.4 Å². The lowest BCUT2D eigenvalue weighted by Crippen LogP contribution is -2.32. The maximum Gasteiger partial charge on any atom is 0.250 e. The van der Waals surface area contributed by atoms with Crippen molar-refractivity contribution in [1.82, 2.24) is 10.0 Å². The first-order valence-electron chi connectivity index (χ1n) is 5.42. The van der Waals surface area contributed by atoms with Crippen LogP contribution < -0.4 is 10.0 Å². The van der Waals surface area contributed by atoms with Gasteiger partial charge >= 0.3 is 0 Å². The van der Waals surface area contributed by atoms with Gasteiger partial charge in [0.1, 0.15) is 4.21 Å². The van der Waals surface area contributed by atoms with Crippen molar-refractivity contribution in [2.75, 3.05) is 33.4 Å².